The number of nitrogens with one attached hydrogen (secondary N) is 1. The summed E-state index contributed by atoms with van der Waals surface area (Å²) in [5.74, 6) is -4.19. The Hall–Kier alpha value is -3.21. The quantitative estimate of drug-likeness (QED) is 0.418. The van der Waals surface area contributed by atoms with Crippen molar-refractivity contribution >= 4 is 51.4 Å². The van der Waals surface area contributed by atoms with E-state index in [2.05, 4.69) is 4.98 Å². The van der Waals surface area contributed by atoms with Crippen molar-refractivity contribution in [3.8, 4) is 11.4 Å². The Kier molecular flexibility index (Phi) is 5.76. The fraction of sp³-hybridized carbons (Fsp3) is 0.0500. The minimum atomic E-state index is -1.39. The predicted molar refractivity (Wildman–Crippen MR) is 116 cm³/mol. The van der Waals surface area contributed by atoms with Gasteiger partial charge in [0.1, 0.15) is 11.5 Å². The van der Waals surface area contributed by atoms with Crippen molar-refractivity contribution in [2.24, 2.45) is 0 Å². The van der Waals surface area contributed by atoms with E-state index in [0.29, 0.717) is 16.2 Å². The van der Waals surface area contributed by atoms with Gasteiger partial charge >= 0.3 is 11.7 Å². The summed E-state index contributed by atoms with van der Waals surface area (Å²) in [5, 5.41) is 10.8. The summed E-state index contributed by atoms with van der Waals surface area (Å²) in [5.41, 5.74) is -2.40. The third-order valence-electron chi connectivity index (χ3n) is 4.52. The van der Waals surface area contributed by atoms with E-state index in [1.165, 1.54) is 5.38 Å². The zero-order chi connectivity index (χ0) is 23.2. The number of hydrogen-bond donors (Lipinski definition) is 2. The standard InChI is InChI=1S/C20H10Cl2F2N2O5S/c21-9-2-1-3-10(22)8(9)6-31-15-5-14(11(23)4-12(15)24)26-18(27)16-13(25-20(26)30)7-32-17(16)19(28)29/h1-5,7H,6H2,(H,25,30)(H,28,29). The fourth-order valence-corrected chi connectivity index (χ4v) is 4.37. The van der Waals surface area contributed by atoms with Crippen LogP contribution in [0.1, 0.15) is 15.2 Å². The molecule has 0 amide bonds. The molecule has 0 spiro atoms. The van der Waals surface area contributed by atoms with Gasteiger partial charge in [-0.3, -0.25) is 4.79 Å². The van der Waals surface area contributed by atoms with Gasteiger partial charge in [0.25, 0.3) is 5.56 Å². The number of halogens is 4. The number of ether oxygens (including phenoxy) is 1. The molecular formula is C20H10Cl2F2N2O5S. The van der Waals surface area contributed by atoms with Crippen molar-refractivity contribution in [1.82, 2.24) is 9.55 Å². The zero-order valence-corrected chi connectivity index (χ0v) is 17.9. The second-order valence-electron chi connectivity index (χ2n) is 6.45. The molecule has 0 unspecified atom stereocenters. The van der Waals surface area contributed by atoms with Gasteiger partial charge in [-0.25, -0.2) is 22.9 Å². The van der Waals surface area contributed by atoms with Gasteiger partial charge in [0, 0.05) is 33.1 Å². The van der Waals surface area contributed by atoms with Crippen LogP contribution in [-0.4, -0.2) is 20.6 Å². The number of fused-ring (bicyclic) bond motifs is 1. The summed E-state index contributed by atoms with van der Waals surface area (Å²) in [6.45, 7) is -0.279. The highest BCUT2D eigenvalue weighted by Gasteiger charge is 2.22. The van der Waals surface area contributed by atoms with Crippen LogP contribution in [0.25, 0.3) is 16.6 Å². The third kappa shape index (κ3) is 3.77. The van der Waals surface area contributed by atoms with E-state index in [1.54, 1.807) is 18.2 Å². The number of hydrogen-bond acceptors (Lipinski definition) is 5. The first-order chi connectivity index (χ1) is 15.2. The van der Waals surface area contributed by atoms with Gasteiger partial charge in [0.2, 0.25) is 0 Å². The van der Waals surface area contributed by atoms with E-state index in [-0.39, 0.29) is 32.4 Å². The SMILES string of the molecule is O=C(O)c1scc2[nH]c(=O)n(-c3cc(OCc4c(Cl)cccc4Cl)c(F)cc3F)c(=O)c12. The van der Waals surface area contributed by atoms with Crippen LogP contribution < -0.4 is 16.0 Å². The monoisotopic (exact) mass is 498 g/mol. The summed E-state index contributed by atoms with van der Waals surface area (Å²) in [6.07, 6.45) is 0. The van der Waals surface area contributed by atoms with Gasteiger partial charge in [-0.05, 0) is 12.1 Å². The Balaban J connectivity index is 1.84. The van der Waals surface area contributed by atoms with E-state index in [1.807, 2.05) is 0 Å². The maximum absolute atomic E-state index is 14.6. The highest BCUT2D eigenvalue weighted by molar-refractivity contribution is 7.13. The minimum absolute atomic E-state index is 0.00833. The average Bonchev–Trinajstić information content (AvgIpc) is 3.14. The van der Waals surface area contributed by atoms with Crippen LogP contribution in [0.15, 0.2) is 45.3 Å². The van der Waals surface area contributed by atoms with Gasteiger partial charge in [-0.15, -0.1) is 11.3 Å². The second kappa shape index (κ2) is 8.38. The van der Waals surface area contributed by atoms with Crippen molar-refractivity contribution in [1.29, 1.82) is 0 Å². The Labute approximate surface area is 191 Å². The average molecular weight is 499 g/mol. The largest absolute Gasteiger partial charge is 0.486 e. The number of aromatic carboxylic acids is 1. The number of carboxylic acid groups (broad SMARTS) is 1. The van der Waals surface area contributed by atoms with E-state index in [4.69, 9.17) is 27.9 Å². The molecule has 0 aliphatic rings. The van der Waals surface area contributed by atoms with Crippen molar-refractivity contribution in [3.05, 3.63) is 88.7 Å². The van der Waals surface area contributed by atoms with Crippen molar-refractivity contribution < 1.29 is 23.4 Å². The first-order valence-corrected chi connectivity index (χ1v) is 10.4. The number of benzene rings is 2. The lowest BCUT2D eigenvalue weighted by atomic mass is 10.2. The lowest BCUT2D eigenvalue weighted by molar-refractivity contribution is 0.0704. The van der Waals surface area contributed by atoms with Crippen LogP contribution in [-0.2, 0) is 6.61 Å². The lowest BCUT2D eigenvalue weighted by Crippen LogP contribution is -2.34. The summed E-state index contributed by atoms with van der Waals surface area (Å²) >= 11 is 12.8. The minimum Gasteiger partial charge on any atom is -0.486 e. The van der Waals surface area contributed by atoms with Gasteiger partial charge in [-0.2, -0.15) is 0 Å². The van der Waals surface area contributed by atoms with Crippen molar-refractivity contribution in [2.45, 2.75) is 6.61 Å². The molecule has 0 bridgehead atoms. The van der Waals surface area contributed by atoms with E-state index >= 15 is 0 Å². The fourth-order valence-electron chi connectivity index (χ4n) is 3.03. The van der Waals surface area contributed by atoms with Gasteiger partial charge < -0.3 is 14.8 Å². The highest BCUT2D eigenvalue weighted by Crippen LogP contribution is 2.29. The maximum atomic E-state index is 14.6. The summed E-state index contributed by atoms with van der Waals surface area (Å²) in [4.78, 5) is 38.8. The van der Waals surface area contributed by atoms with Crippen LogP contribution in [0.3, 0.4) is 0 Å². The smallest absolute Gasteiger partial charge is 0.346 e. The lowest BCUT2D eigenvalue weighted by Gasteiger charge is -2.13. The number of thiophene rings is 1. The van der Waals surface area contributed by atoms with Crippen LogP contribution >= 0.6 is 34.5 Å². The molecule has 12 heteroatoms. The van der Waals surface area contributed by atoms with E-state index in [9.17, 15) is 28.3 Å². The second-order valence-corrected chi connectivity index (χ2v) is 8.15. The van der Waals surface area contributed by atoms with Gasteiger partial charge in [-0.1, -0.05) is 29.3 Å². The molecule has 0 aliphatic carbocycles. The summed E-state index contributed by atoms with van der Waals surface area (Å²) < 4.78 is 34.7. The molecule has 0 saturated carbocycles. The van der Waals surface area contributed by atoms with E-state index < -0.39 is 40.3 Å². The molecule has 0 fully saturated rings. The number of aromatic nitrogens is 2. The number of H-pyrrole nitrogens is 1. The maximum Gasteiger partial charge on any atom is 0.346 e. The molecule has 2 aromatic carbocycles. The normalized spacial score (nSPS) is 11.1. The summed E-state index contributed by atoms with van der Waals surface area (Å²) in [7, 11) is 0. The molecule has 4 rings (SSSR count). The molecule has 2 aromatic heterocycles. The van der Waals surface area contributed by atoms with Gasteiger partial charge in [0.05, 0.1) is 16.6 Å². The molecule has 7 nitrogen and oxygen atoms in total. The molecule has 32 heavy (non-hydrogen) atoms. The van der Waals surface area contributed by atoms with Crippen molar-refractivity contribution in [2.75, 3.05) is 0 Å². The molecule has 0 atom stereocenters. The number of carboxylic acids is 1. The first-order valence-electron chi connectivity index (χ1n) is 8.74. The Morgan fingerprint density at radius 1 is 1.16 bits per heavy atom. The number of aromatic amines is 1. The highest BCUT2D eigenvalue weighted by atomic mass is 35.5. The van der Waals surface area contributed by atoms with Gasteiger partial charge in [0.15, 0.2) is 17.4 Å². The third-order valence-corrected chi connectivity index (χ3v) is 6.20. The van der Waals surface area contributed by atoms with Crippen LogP contribution in [0.2, 0.25) is 10.0 Å². The number of carbonyl (C=O) groups is 1. The molecule has 2 heterocycles. The predicted octanol–water partition coefficient (Wildman–Crippen LogP) is 4.60. The zero-order valence-electron chi connectivity index (χ0n) is 15.6. The topological polar surface area (TPSA) is 101 Å². The van der Waals surface area contributed by atoms with Crippen LogP contribution in [0, 0.1) is 11.6 Å². The number of nitrogens with zero attached hydrogens (tertiary/aromatic N) is 1. The van der Waals surface area contributed by atoms with E-state index in [0.717, 1.165) is 17.4 Å². The molecular weight excluding hydrogens is 489 g/mol. The Morgan fingerprint density at radius 3 is 2.50 bits per heavy atom. The Morgan fingerprint density at radius 2 is 1.84 bits per heavy atom. The first kappa shape index (κ1) is 22.0. The molecule has 0 radical (unpaired) electrons. The summed E-state index contributed by atoms with van der Waals surface area (Å²) in [6, 6.07) is 5.97. The van der Waals surface area contributed by atoms with Crippen LogP contribution in [0.4, 0.5) is 8.78 Å². The molecule has 0 saturated heterocycles. The molecule has 164 valence electrons. The van der Waals surface area contributed by atoms with Crippen molar-refractivity contribution in [3.63, 3.8) is 0 Å². The number of rotatable bonds is 5. The molecule has 4 aromatic rings. The molecule has 2 N–H and O–H groups in total. The Bertz CT molecular complexity index is 1490. The van der Waals surface area contributed by atoms with Crippen LogP contribution in [0.5, 0.6) is 5.75 Å². The molecule has 0 aliphatic heterocycles.